The minimum absolute atomic E-state index is 0.0339. The SMILES string of the molecule is COc1cc(C(=O)N[C@@H](C)CCCC(C)C)c([N+](=O)[O-])cc1OC. The van der Waals surface area contributed by atoms with Crippen molar-refractivity contribution in [1.82, 2.24) is 5.32 Å². The monoisotopic (exact) mass is 338 g/mol. The molecule has 0 saturated heterocycles. The fourth-order valence-corrected chi connectivity index (χ4v) is 2.41. The Morgan fingerprint density at radius 1 is 1.17 bits per heavy atom. The van der Waals surface area contributed by atoms with Crippen molar-refractivity contribution in [3.63, 3.8) is 0 Å². The van der Waals surface area contributed by atoms with Crippen LogP contribution >= 0.6 is 0 Å². The summed E-state index contributed by atoms with van der Waals surface area (Å²) >= 11 is 0. The highest BCUT2D eigenvalue weighted by Crippen LogP contribution is 2.34. The highest BCUT2D eigenvalue weighted by Gasteiger charge is 2.25. The van der Waals surface area contributed by atoms with Crippen molar-refractivity contribution in [1.29, 1.82) is 0 Å². The molecule has 24 heavy (non-hydrogen) atoms. The maximum absolute atomic E-state index is 12.4. The summed E-state index contributed by atoms with van der Waals surface area (Å²) in [6, 6.07) is 2.48. The molecule has 0 fully saturated rings. The summed E-state index contributed by atoms with van der Waals surface area (Å²) in [5.74, 6) is 0.617. The van der Waals surface area contributed by atoms with Crippen molar-refractivity contribution >= 4 is 11.6 Å². The molecule has 1 rings (SSSR count). The van der Waals surface area contributed by atoms with Crippen LogP contribution in [0.4, 0.5) is 5.69 Å². The molecule has 134 valence electrons. The summed E-state index contributed by atoms with van der Waals surface area (Å²) in [5.41, 5.74) is -0.340. The van der Waals surface area contributed by atoms with Crippen LogP contribution in [0.15, 0.2) is 12.1 Å². The van der Waals surface area contributed by atoms with Crippen LogP contribution in [0.25, 0.3) is 0 Å². The van der Waals surface area contributed by atoms with Gasteiger partial charge in [0, 0.05) is 12.1 Å². The molecule has 1 amide bonds. The lowest BCUT2D eigenvalue weighted by molar-refractivity contribution is -0.385. The molecule has 0 radical (unpaired) electrons. The van der Waals surface area contributed by atoms with Gasteiger partial charge >= 0.3 is 0 Å². The molecule has 0 saturated carbocycles. The van der Waals surface area contributed by atoms with E-state index in [0.717, 1.165) is 19.3 Å². The number of amides is 1. The maximum Gasteiger partial charge on any atom is 0.286 e. The molecule has 0 heterocycles. The molecule has 0 aliphatic carbocycles. The standard InChI is InChI=1S/C17H26N2O5/c1-11(2)7-6-8-12(3)18-17(20)13-9-15(23-4)16(24-5)10-14(13)19(21)22/h9-12H,6-8H2,1-5H3,(H,18,20)/t12-/m0/s1. The number of nitro benzene ring substituents is 1. The molecule has 0 aliphatic rings. The zero-order valence-electron chi connectivity index (χ0n) is 14.9. The van der Waals surface area contributed by atoms with Gasteiger partial charge in [-0.15, -0.1) is 0 Å². The van der Waals surface area contributed by atoms with Gasteiger partial charge in [-0.25, -0.2) is 0 Å². The topological polar surface area (TPSA) is 90.7 Å². The summed E-state index contributed by atoms with van der Waals surface area (Å²) < 4.78 is 10.2. The zero-order chi connectivity index (χ0) is 18.3. The number of nitrogens with zero attached hydrogens (tertiary/aromatic N) is 1. The van der Waals surface area contributed by atoms with E-state index in [9.17, 15) is 14.9 Å². The van der Waals surface area contributed by atoms with Gasteiger partial charge in [-0.1, -0.05) is 26.7 Å². The third kappa shape index (κ3) is 5.40. The number of ether oxygens (including phenoxy) is 2. The maximum atomic E-state index is 12.4. The molecule has 1 aromatic rings. The van der Waals surface area contributed by atoms with Gasteiger partial charge in [0.15, 0.2) is 11.5 Å². The van der Waals surface area contributed by atoms with E-state index in [1.807, 2.05) is 6.92 Å². The number of nitrogens with one attached hydrogen (secondary N) is 1. The van der Waals surface area contributed by atoms with Crippen molar-refractivity contribution in [2.45, 2.75) is 46.1 Å². The van der Waals surface area contributed by atoms with Crippen LogP contribution in [-0.2, 0) is 0 Å². The number of hydrogen-bond donors (Lipinski definition) is 1. The van der Waals surface area contributed by atoms with Crippen LogP contribution < -0.4 is 14.8 Å². The van der Waals surface area contributed by atoms with Crippen LogP contribution in [0.1, 0.15) is 50.4 Å². The van der Waals surface area contributed by atoms with Gasteiger partial charge in [0.05, 0.1) is 25.2 Å². The predicted octanol–water partition coefficient (Wildman–Crippen LogP) is 3.56. The molecule has 1 atom stereocenters. The Kier molecular flexibility index (Phi) is 7.48. The molecular weight excluding hydrogens is 312 g/mol. The Bertz CT molecular complexity index is 587. The first-order chi connectivity index (χ1) is 11.3. The molecule has 0 spiro atoms. The average Bonchev–Trinajstić information content (AvgIpc) is 2.52. The van der Waals surface area contributed by atoms with E-state index in [1.54, 1.807) is 0 Å². The summed E-state index contributed by atoms with van der Waals surface area (Å²) in [6.45, 7) is 6.19. The quantitative estimate of drug-likeness (QED) is 0.549. The number of carbonyl (C=O) groups excluding carboxylic acids is 1. The van der Waals surface area contributed by atoms with Crippen molar-refractivity contribution in [3.8, 4) is 11.5 Å². The largest absolute Gasteiger partial charge is 0.493 e. The van der Waals surface area contributed by atoms with E-state index in [4.69, 9.17) is 9.47 Å². The molecule has 7 heteroatoms. The van der Waals surface area contributed by atoms with E-state index < -0.39 is 10.8 Å². The van der Waals surface area contributed by atoms with Crippen LogP contribution in [0, 0.1) is 16.0 Å². The Morgan fingerprint density at radius 3 is 2.25 bits per heavy atom. The average molecular weight is 338 g/mol. The Hall–Kier alpha value is -2.31. The first kappa shape index (κ1) is 19.7. The van der Waals surface area contributed by atoms with Gasteiger partial charge in [-0.2, -0.15) is 0 Å². The van der Waals surface area contributed by atoms with Crippen LogP contribution in [0.3, 0.4) is 0 Å². The van der Waals surface area contributed by atoms with E-state index >= 15 is 0 Å². The van der Waals surface area contributed by atoms with Gasteiger partial charge in [0.1, 0.15) is 5.56 Å². The Balaban J connectivity index is 2.94. The van der Waals surface area contributed by atoms with Crippen molar-refractivity contribution in [3.05, 3.63) is 27.8 Å². The number of carbonyl (C=O) groups is 1. The molecular formula is C17H26N2O5. The fourth-order valence-electron chi connectivity index (χ4n) is 2.41. The van der Waals surface area contributed by atoms with Gasteiger partial charge in [0.25, 0.3) is 11.6 Å². The molecule has 0 bridgehead atoms. The van der Waals surface area contributed by atoms with Crippen LogP contribution in [0.2, 0.25) is 0 Å². The van der Waals surface area contributed by atoms with Gasteiger partial charge in [-0.05, 0) is 19.3 Å². The van der Waals surface area contributed by atoms with Crippen molar-refractivity contribution in [2.24, 2.45) is 5.92 Å². The number of nitro groups is 1. The van der Waals surface area contributed by atoms with Crippen molar-refractivity contribution in [2.75, 3.05) is 14.2 Å². The van der Waals surface area contributed by atoms with E-state index in [1.165, 1.54) is 26.4 Å². The normalized spacial score (nSPS) is 11.9. The molecule has 0 unspecified atom stereocenters. The first-order valence-electron chi connectivity index (χ1n) is 8.01. The second-order valence-corrected chi connectivity index (χ2v) is 6.18. The first-order valence-corrected chi connectivity index (χ1v) is 8.01. The lowest BCUT2D eigenvalue weighted by Gasteiger charge is -2.15. The third-order valence-corrected chi connectivity index (χ3v) is 3.74. The van der Waals surface area contributed by atoms with Crippen LogP contribution in [-0.4, -0.2) is 31.1 Å². The lowest BCUT2D eigenvalue weighted by atomic mass is 10.0. The number of methoxy groups -OCH3 is 2. The molecule has 7 nitrogen and oxygen atoms in total. The van der Waals surface area contributed by atoms with E-state index in [0.29, 0.717) is 5.92 Å². The Morgan fingerprint density at radius 2 is 1.75 bits per heavy atom. The summed E-state index contributed by atoms with van der Waals surface area (Å²) in [6.07, 6.45) is 2.90. The molecule has 0 aliphatic heterocycles. The summed E-state index contributed by atoms with van der Waals surface area (Å²) in [5, 5.41) is 14.1. The van der Waals surface area contributed by atoms with Crippen molar-refractivity contribution < 1.29 is 19.2 Å². The summed E-state index contributed by atoms with van der Waals surface area (Å²) in [4.78, 5) is 23.1. The highest BCUT2D eigenvalue weighted by atomic mass is 16.6. The molecule has 0 aromatic heterocycles. The van der Waals surface area contributed by atoms with E-state index in [2.05, 4.69) is 19.2 Å². The van der Waals surface area contributed by atoms with E-state index in [-0.39, 0.29) is 28.8 Å². The highest BCUT2D eigenvalue weighted by molar-refractivity contribution is 5.99. The fraction of sp³-hybridized carbons (Fsp3) is 0.588. The second-order valence-electron chi connectivity index (χ2n) is 6.18. The van der Waals surface area contributed by atoms with Gasteiger partial charge in [-0.3, -0.25) is 14.9 Å². The predicted molar refractivity (Wildman–Crippen MR) is 91.8 cm³/mol. The minimum atomic E-state index is -0.597. The van der Waals surface area contributed by atoms with Gasteiger partial charge in [0.2, 0.25) is 0 Å². The summed E-state index contributed by atoms with van der Waals surface area (Å²) in [7, 11) is 2.80. The molecule has 1 N–H and O–H groups in total. The zero-order valence-corrected chi connectivity index (χ0v) is 14.9. The number of benzene rings is 1. The number of hydrogen-bond acceptors (Lipinski definition) is 5. The minimum Gasteiger partial charge on any atom is -0.493 e. The third-order valence-electron chi connectivity index (χ3n) is 3.74. The Labute approximate surface area is 142 Å². The van der Waals surface area contributed by atoms with Gasteiger partial charge < -0.3 is 14.8 Å². The molecule has 1 aromatic carbocycles. The lowest BCUT2D eigenvalue weighted by Crippen LogP contribution is -2.33. The van der Waals surface area contributed by atoms with Crippen LogP contribution in [0.5, 0.6) is 11.5 Å². The number of rotatable bonds is 9. The smallest absolute Gasteiger partial charge is 0.286 e. The second kappa shape index (κ2) is 9.10.